The molecule has 0 aromatic heterocycles. The van der Waals surface area contributed by atoms with Crippen LogP contribution >= 0.6 is 12.2 Å². The molecule has 2 aromatic carbocycles. The molecule has 32 heavy (non-hydrogen) atoms. The number of nitrogens with zero attached hydrogens (tertiary/aromatic N) is 2. The number of hydrogen-bond acceptors (Lipinski definition) is 5. The van der Waals surface area contributed by atoms with Gasteiger partial charge in [-0.1, -0.05) is 25.1 Å². The molecule has 4 N–H and O–H groups in total. The summed E-state index contributed by atoms with van der Waals surface area (Å²) in [6.45, 7) is 1.37. The Morgan fingerprint density at radius 1 is 1.28 bits per heavy atom. The topological polar surface area (TPSA) is 98.9 Å². The van der Waals surface area contributed by atoms with Gasteiger partial charge in [-0.25, -0.2) is 5.84 Å². The number of benzene rings is 2. The number of amides is 2. The zero-order valence-corrected chi connectivity index (χ0v) is 18.0. The molecule has 11 heteroatoms. The highest BCUT2D eigenvalue weighted by atomic mass is 32.1. The Morgan fingerprint density at radius 2 is 1.94 bits per heavy atom. The number of nitrogens with one attached hydrogen (secondary N) is 1. The molecule has 2 amide bonds. The van der Waals surface area contributed by atoms with Crippen LogP contribution in [0.2, 0.25) is 0 Å². The number of halogens is 3. The number of hydrogen-bond donors (Lipinski definition) is 3. The quantitative estimate of drug-likeness (QED) is 0.364. The second-order valence-electron chi connectivity index (χ2n) is 7.40. The van der Waals surface area contributed by atoms with Gasteiger partial charge in [0.2, 0.25) is 0 Å². The Morgan fingerprint density at radius 3 is 2.56 bits per heavy atom. The molecule has 0 aliphatic carbocycles. The van der Waals surface area contributed by atoms with E-state index in [4.69, 9.17) is 18.1 Å². The molecular formula is C21H21F3N4O3S. The fourth-order valence-electron chi connectivity index (χ4n) is 3.57. The largest absolute Gasteiger partial charge is 0.416 e. The fourth-order valence-corrected chi connectivity index (χ4v) is 3.66. The van der Waals surface area contributed by atoms with Gasteiger partial charge in [-0.05, 0) is 47.6 Å². The van der Waals surface area contributed by atoms with Crippen molar-refractivity contribution in [2.75, 3.05) is 11.9 Å². The maximum atomic E-state index is 13.4. The van der Waals surface area contributed by atoms with Gasteiger partial charge in [0, 0.05) is 24.2 Å². The summed E-state index contributed by atoms with van der Waals surface area (Å²) in [6, 6.07) is 9.94. The molecule has 170 valence electrons. The molecule has 1 aliphatic heterocycles. The first-order chi connectivity index (χ1) is 15.0. The summed E-state index contributed by atoms with van der Waals surface area (Å²) in [6.07, 6.45) is -6.04. The van der Waals surface area contributed by atoms with Gasteiger partial charge in [0.15, 0.2) is 5.11 Å². The van der Waals surface area contributed by atoms with Gasteiger partial charge in [-0.3, -0.25) is 14.5 Å². The molecule has 0 radical (unpaired) electrons. The van der Waals surface area contributed by atoms with Gasteiger partial charge in [-0.15, -0.1) is 0 Å². The van der Waals surface area contributed by atoms with Crippen LogP contribution in [-0.4, -0.2) is 40.1 Å². The van der Waals surface area contributed by atoms with Crippen LogP contribution in [0.3, 0.4) is 0 Å². The molecule has 3 rings (SSSR count). The zero-order chi connectivity index (χ0) is 23.8. The summed E-state index contributed by atoms with van der Waals surface area (Å²) >= 11 is 4.89. The van der Waals surface area contributed by atoms with Crippen LogP contribution in [0.15, 0.2) is 42.5 Å². The van der Waals surface area contributed by atoms with Gasteiger partial charge in [0.05, 0.1) is 12.1 Å². The predicted octanol–water partition coefficient (Wildman–Crippen LogP) is 2.54. The number of likely N-dealkylation sites (N-methyl/N-ethyl adjacent to an activating group) is 1. The van der Waals surface area contributed by atoms with E-state index < -0.39 is 35.6 Å². The average Bonchev–Trinajstić information content (AvgIpc) is 3.12. The van der Waals surface area contributed by atoms with Crippen molar-refractivity contribution in [1.82, 2.24) is 10.3 Å². The number of aliphatic hydroxyl groups excluding tert-OH is 1. The van der Waals surface area contributed by atoms with Gasteiger partial charge in [0.1, 0.15) is 6.10 Å². The zero-order valence-electron chi connectivity index (χ0n) is 17.2. The summed E-state index contributed by atoms with van der Waals surface area (Å²) in [7, 11) is 1.36. The van der Waals surface area contributed by atoms with E-state index in [0.29, 0.717) is 11.3 Å². The lowest BCUT2D eigenvalue weighted by atomic mass is 9.94. The molecule has 0 spiro atoms. The van der Waals surface area contributed by atoms with E-state index in [1.165, 1.54) is 24.1 Å². The third kappa shape index (κ3) is 4.31. The van der Waals surface area contributed by atoms with Crippen LogP contribution in [0.4, 0.5) is 18.9 Å². The average molecular weight is 466 g/mol. The fraction of sp³-hybridized carbons (Fsp3) is 0.286. The molecule has 2 aromatic rings. The van der Waals surface area contributed by atoms with Gasteiger partial charge >= 0.3 is 6.18 Å². The smallest absolute Gasteiger partial charge is 0.383 e. The second kappa shape index (κ2) is 8.85. The molecule has 2 unspecified atom stereocenters. The summed E-state index contributed by atoms with van der Waals surface area (Å²) < 4.78 is 40.1. The number of fused-ring (bicyclic) bond motifs is 1. The Bertz CT molecular complexity index is 1080. The van der Waals surface area contributed by atoms with E-state index >= 15 is 0 Å². The lowest BCUT2D eigenvalue weighted by Gasteiger charge is -2.25. The van der Waals surface area contributed by atoms with Crippen LogP contribution in [0.5, 0.6) is 0 Å². The van der Waals surface area contributed by atoms with Crippen molar-refractivity contribution in [2.24, 2.45) is 5.84 Å². The molecule has 0 fully saturated rings. The number of carbonyl (C=O) groups excluding carboxylic acids is 2. The van der Waals surface area contributed by atoms with Crippen LogP contribution in [0.1, 0.15) is 39.9 Å². The van der Waals surface area contributed by atoms with Crippen LogP contribution in [-0.2, 0) is 17.5 Å². The first-order valence-electron chi connectivity index (χ1n) is 9.54. The van der Waals surface area contributed by atoms with Crippen molar-refractivity contribution in [1.29, 1.82) is 0 Å². The van der Waals surface area contributed by atoms with Crippen LogP contribution < -0.4 is 16.2 Å². The highest BCUT2D eigenvalue weighted by molar-refractivity contribution is 7.80. The summed E-state index contributed by atoms with van der Waals surface area (Å²) in [5.74, 6) is 3.26. The third-order valence-electron chi connectivity index (χ3n) is 5.47. The number of aliphatic hydroxyl groups is 1. The van der Waals surface area contributed by atoms with E-state index in [1.54, 1.807) is 31.2 Å². The van der Waals surface area contributed by atoms with Crippen molar-refractivity contribution in [2.45, 2.75) is 31.7 Å². The van der Waals surface area contributed by atoms with Gasteiger partial charge in [-0.2, -0.15) is 13.2 Å². The lowest BCUT2D eigenvalue weighted by molar-refractivity contribution is -0.138. The molecule has 0 bridgehead atoms. The first kappa shape index (κ1) is 23.6. The van der Waals surface area contributed by atoms with Crippen molar-refractivity contribution < 1.29 is 27.9 Å². The molecular weight excluding hydrogens is 445 g/mol. The lowest BCUT2D eigenvalue weighted by Crippen LogP contribution is -2.48. The minimum absolute atomic E-state index is 0.00193. The Hall–Kier alpha value is -3.02. The van der Waals surface area contributed by atoms with Gasteiger partial charge in [0.25, 0.3) is 11.8 Å². The summed E-state index contributed by atoms with van der Waals surface area (Å²) in [5.41, 5.74) is 2.10. The number of nitrogens with two attached hydrogens (primary N) is 1. The number of rotatable bonds is 4. The first-order valence-corrected chi connectivity index (χ1v) is 9.95. The van der Waals surface area contributed by atoms with E-state index in [-0.39, 0.29) is 22.8 Å². The van der Waals surface area contributed by atoms with E-state index in [1.807, 2.05) is 0 Å². The SMILES string of the molecule is CC(c1cccc(N2Cc3c(cccc3C(F)(F)F)C2=O)c1)C(O)C(=O)N(C)C(=S)NN. The number of hydrazine groups is 1. The molecule has 7 nitrogen and oxygen atoms in total. The summed E-state index contributed by atoms with van der Waals surface area (Å²) in [4.78, 5) is 27.5. The van der Waals surface area contributed by atoms with E-state index in [9.17, 15) is 27.9 Å². The Balaban J connectivity index is 1.87. The van der Waals surface area contributed by atoms with Crippen molar-refractivity contribution in [3.05, 3.63) is 64.7 Å². The Kier molecular flexibility index (Phi) is 6.54. The normalized spacial score (nSPS) is 15.2. The van der Waals surface area contributed by atoms with E-state index in [2.05, 4.69) is 5.43 Å². The second-order valence-corrected chi connectivity index (χ2v) is 7.78. The maximum Gasteiger partial charge on any atom is 0.416 e. The Labute approximate surface area is 187 Å². The molecule has 0 saturated carbocycles. The number of alkyl halides is 3. The maximum absolute atomic E-state index is 13.4. The van der Waals surface area contributed by atoms with Crippen molar-refractivity contribution >= 4 is 34.8 Å². The summed E-state index contributed by atoms with van der Waals surface area (Å²) in [5, 5.41) is 10.4. The molecule has 2 atom stereocenters. The monoisotopic (exact) mass is 466 g/mol. The number of thiocarbonyl (C=S) groups is 1. The molecule has 1 heterocycles. The van der Waals surface area contributed by atoms with Gasteiger partial charge < -0.3 is 15.4 Å². The minimum atomic E-state index is -4.58. The predicted molar refractivity (Wildman–Crippen MR) is 116 cm³/mol. The van der Waals surface area contributed by atoms with Crippen LogP contribution in [0, 0.1) is 0 Å². The van der Waals surface area contributed by atoms with E-state index in [0.717, 1.165) is 11.0 Å². The van der Waals surface area contributed by atoms with Crippen molar-refractivity contribution in [3.63, 3.8) is 0 Å². The highest BCUT2D eigenvalue weighted by Gasteiger charge is 2.39. The third-order valence-corrected chi connectivity index (χ3v) is 5.86. The van der Waals surface area contributed by atoms with Crippen molar-refractivity contribution in [3.8, 4) is 0 Å². The van der Waals surface area contributed by atoms with Crippen LogP contribution in [0.25, 0.3) is 0 Å². The molecule has 1 aliphatic rings. The standard InChI is InChI=1S/C21H21F3N4O3S/c1-11(17(29)19(31)27(2)20(32)26-25)12-5-3-6-13(9-12)28-10-15-14(18(28)30)7-4-8-16(15)21(22,23)24/h3-9,11,17,29H,10,25H2,1-2H3,(H,26,32). The number of anilines is 1. The molecule has 0 saturated heterocycles. The minimum Gasteiger partial charge on any atom is -0.383 e. The number of carbonyl (C=O) groups is 2. The highest BCUT2D eigenvalue weighted by Crippen LogP contribution is 2.39.